The van der Waals surface area contributed by atoms with Gasteiger partial charge in [-0.1, -0.05) is 41.5 Å². The van der Waals surface area contributed by atoms with Gasteiger partial charge in [0.1, 0.15) is 11.6 Å². The van der Waals surface area contributed by atoms with Gasteiger partial charge in [0.25, 0.3) is 0 Å². The number of Topliss-reactive ketones (excluding diaryl/α,β-unsaturated/α-hetero) is 4. The van der Waals surface area contributed by atoms with Crippen LogP contribution in [0.4, 0.5) is 0 Å². The van der Waals surface area contributed by atoms with Crippen LogP contribution in [0.15, 0.2) is 11.1 Å². The average Bonchev–Trinajstić information content (AvgIpc) is 3.07. The maximum absolute atomic E-state index is 14.6. The van der Waals surface area contributed by atoms with E-state index in [1.807, 2.05) is 20.8 Å². The number of rotatable bonds is 7. The van der Waals surface area contributed by atoms with Crippen LogP contribution in [0.5, 0.6) is 0 Å². The van der Waals surface area contributed by atoms with Crippen LogP contribution in [-0.4, -0.2) is 57.5 Å². The van der Waals surface area contributed by atoms with Gasteiger partial charge < -0.3 is 14.9 Å². The molecule has 0 aliphatic heterocycles. The van der Waals surface area contributed by atoms with Gasteiger partial charge in [-0.05, 0) is 42.9 Å². The molecule has 9 atom stereocenters. The molecular formula is C32H44O9. The van der Waals surface area contributed by atoms with E-state index < -0.39 is 69.3 Å². The Morgan fingerprint density at radius 1 is 0.976 bits per heavy atom. The number of aliphatic hydroxyl groups is 1. The molecule has 2 saturated carbocycles. The predicted molar refractivity (Wildman–Crippen MR) is 147 cm³/mol. The number of carbonyl (C=O) groups excluding carboxylic acids is 5. The molecule has 41 heavy (non-hydrogen) atoms. The van der Waals surface area contributed by atoms with E-state index in [4.69, 9.17) is 4.74 Å². The maximum atomic E-state index is 14.6. The lowest BCUT2D eigenvalue weighted by molar-refractivity contribution is -0.176. The van der Waals surface area contributed by atoms with Crippen molar-refractivity contribution in [2.24, 2.45) is 45.3 Å². The molecule has 0 heterocycles. The number of allylic oxidation sites excluding steroid dienone is 1. The molecule has 4 rings (SSSR count). The van der Waals surface area contributed by atoms with Crippen LogP contribution in [0.1, 0.15) is 93.9 Å². The van der Waals surface area contributed by atoms with Crippen LogP contribution >= 0.6 is 0 Å². The molecule has 4 aliphatic rings. The number of carboxylic acids is 1. The molecule has 0 aromatic heterocycles. The third-order valence-electron chi connectivity index (χ3n) is 11.8. The molecule has 4 aliphatic carbocycles. The molecule has 2 N–H and O–H groups in total. The van der Waals surface area contributed by atoms with E-state index in [1.165, 1.54) is 13.8 Å². The minimum atomic E-state index is -1.43. The summed E-state index contributed by atoms with van der Waals surface area (Å²) in [7, 11) is 0. The highest BCUT2D eigenvalue weighted by Gasteiger charge is 2.74. The van der Waals surface area contributed by atoms with Crippen molar-refractivity contribution in [3.05, 3.63) is 11.1 Å². The highest BCUT2D eigenvalue weighted by molar-refractivity contribution is 6.18. The van der Waals surface area contributed by atoms with Gasteiger partial charge in [-0.2, -0.15) is 0 Å². The molecular weight excluding hydrogens is 528 g/mol. The van der Waals surface area contributed by atoms with Crippen LogP contribution in [0.25, 0.3) is 0 Å². The number of fused-ring (bicyclic) bond motifs is 4. The fourth-order valence-corrected chi connectivity index (χ4v) is 9.17. The highest BCUT2D eigenvalue weighted by atomic mass is 16.5. The van der Waals surface area contributed by atoms with Crippen molar-refractivity contribution in [3.8, 4) is 0 Å². The summed E-state index contributed by atoms with van der Waals surface area (Å²) in [4.78, 5) is 79.5. The Kier molecular flexibility index (Phi) is 7.59. The number of carboxylic acid groups (broad SMARTS) is 1. The zero-order valence-electron chi connectivity index (χ0n) is 25.5. The van der Waals surface area contributed by atoms with E-state index in [-0.39, 0.29) is 60.1 Å². The second-order valence-electron chi connectivity index (χ2n) is 14.4. The van der Waals surface area contributed by atoms with E-state index in [0.29, 0.717) is 12.8 Å². The van der Waals surface area contributed by atoms with Crippen LogP contribution < -0.4 is 0 Å². The number of hydrogen-bond donors (Lipinski definition) is 2. The first kappa shape index (κ1) is 31.3. The highest BCUT2D eigenvalue weighted by Crippen LogP contribution is 2.70. The second-order valence-corrected chi connectivity index (χ2v) is 14.4. The maximum Gasteiger partial charge on any atom is 0.306 e. The normalized spacial score (nSPS) is 39.4. The van der Waals surface area contributed by atoms with Gasteiger partial charge in [0, 0.05) is 54.6 Å². The fraction of sp³-hybridized carbons (Fsp3) is 0.750. The Labute approximate surface area is 241 Å². The first-order valence-electron chi connectivity index (χ1n) is 14.7. The lowest BCUT2D eigenvalue weighted by Gasteiger charge is -2.61. The summed E-state index contributed by atoms with van der Waals surface area (Å²) in [5.41, 5.74) is -3.73. The van der Waals surface area contributed by atoms with Gasteiger partial charge in [0.15, 0.2) is 11.9 Å². The summed E-state index contributed by atoms with van der Waals surface area (Å²) in [6, 6.07) is 0. The summed E-state index contributed by atoms with van der Waals surface area (Å²) in [6.07, 6.45) is -1.19. The number of aliphatic carboxylic acids is 1. The molecule has 0 radical (unpaired) electrons. The predicted octanol–water partition coefficient (Wildman–Crippen LogP) is 3.88. The minimum absolute atomic E-state index is 0.00458. The monoisotopic (exact) mass is 572 g/mol. The third kappa shape index (κ3) is 4.28. The smallest absolute Gasteiger partial charge is 0.306 e. The van der Waals surface area contributed by atoms with Crippen LogP contribution in [-0.2, 0) is 33.5 Å². The summed E-state index contributed by atoms with van der Waals surface area (Å²) < 4.78 is 5.80. The lowest BCUT2D eigenvalue weighted by Crippen LogP contribution is -2.65. The standard InChI is InChI=1S/C32H44O9/c1-15(11-18(34)12-16(2)28(39)40)19-13-23(37)32(8)24-20(35)14-21-29(4,5)22(36)9-10-30(21,6)25(24)26(38)27(31(19,32)7)41-17(3)33/h15-16,19,21-22,27,36H,9-14H2,1-8H3,(H,39,40)/t15-,16-,19-,21?,22+,27-,30+,31+,32+/m1/s1. The van der Waals surface area contributed by atoms with Crippen molar-refractivity contribution in [3.63, 3.8) is 0 Å². The summed E-state index contributed by atoms with van der Waals surface area (Å²) in [5, 5.41) is 20.1. The van der Waals surface area contributed by atoms with Gasteiger partial charge in [0.05, 0.1) is 17.4 Å². The largest absolute Gasteiger partial charge is 0.481 e. The molecule has 0 spiro atoms. The molecule has 0 amide bonds. The van der Waals surface area contributed by atoms with Crippen LogP contribution in [0, 0.1) is 45.3 Å². The third-order valence-corrected chi connectivity index (χ3v) is 11.8. The van der Waals surface area contributed by atoms with Crippen molar-refractivity contribution in [1.82, 2.24) is 0 Å². The average molecular weight is 573 g/mol. The van der Waals surface area contributed by atoms with Crippen molar-refractivity contribution in [1.29, 1.82) is 0 Å². The van der Waals surface area contributed by atoms with Gasteiger partial charge >= 0.3 is 11.9 Å². The number of aliphatic hydroxyl groups excluding tert-OH is 1. The molecule has 9 nitrogen and oxygen atoms in total. The van der Waals surface area contributed by atoms with Gasteiger partial charge in [-0.15, -0.1) is 0 Å². The number of esters is 1. The Morgan fingerprint density at radius 3 is 2.15 bits per heavy atom. The number of ether oxygens (including phenoxy) is 1. The zero-order chi connectivity index (χ0) is 31.0. The molecule has 9 heteroatoms. The fourth-order valence-electron chi connectivity index (χ4n) is 9.17. The summed E-state index contributed by atoms with van der Waals surface area (Å²) in [5.74, 6) is -5.24. The Balaban J connectivity index is 1.88. The molecule has 226 valence electrons. The van der Waals surface area contributed by atoms with Crippen molar-refractivity contribution in [2.45, 2.75) is 106 Å². The minimum Gasteiger partial charge on any atom is -0.481 e. The Morgan fingerprint density at radius 2 is 1.59 bits per heavy atom. The number of hydrogen-bond acceptors (Lipinski definition) is 8. The topological polar surface area (TPSA) is 152 Å². The molecule has 0 aromatic rings. The first-order chi connectivity index (χ1) is 18.8. The molecule has 0 bridgehead atoms. The van der Waals surface area contributed by atoms with E-state index in [0.717, 1.165) is 0 Å². The van der Waals surface area contributed by atoms with Gasteiger partial charge in [0.2, 0.25) is 5.78 Å². The van der Waals surface area contributed by atoms with Crippen molar-refractivity contribution < 1.29 is 43.7 Å². The second kappa shape index (κ2) is 9.96. The van der Waals surface area contributed by atoms with E-state index in [2.05, 4.69) is 0 Å². The number of carbonyl (C=O) groups is 6. The lowest BCUT2D eigenvalue weighted by atomic mass is 9.42. The Bertz CT molecular complexity index is 1260. The van der Waals surface area contributed by atoms with Crippen molar-refractivity contribution >= 4 is 35.1 Å². The SMILES string of the molecule is CC(=O)O[C@@H]1C(=O)C2=C(C(=O)CC3C(C)(C)[C@@H](O)CC[C@]23C)[C@]2(C)C(=O)C[C@H]([C@H](C)CC(=O)C[C@@H](C)C(=O)O)[C@@]12C. The van der Waals surface area contributed by atoms with E-state index >= 15 is 0 Å². The van der Waals surface area contributed by atoms with E-state index in [9.17, 15) is 39.0 Å². The Hall–Kier alpha value is -2.68. The van der Waals surface area contributed by atoms with Gasteiger partial charge in [-0.25, -0.2) is 0 Å². The van der Waals surface area contributed by atoms with Crippen LogP contribution in [0.3, 0.4) is 0 Å². The molecule has 2 fully saturated rings. The molecule has 1 unspecified atom stereocenters. The summed E-state index contributed by atoms with van der Waals surface area (Å²) >= 11 is 0. The molecule has 0 saturated heterocycles. The summed E-state index contributed by atoms with van der Waals surface area (Å²) in [6.45, 7) is 13.6. The number of ketones is 4. The first-order valence-corrected chi connectivity index (χ1v) is 14.7. The van der Waals surface area contributed by atoms with Crippen LogP contribution in [0.2, 0.25) is 0 Å². The zero-order valence-corrected chi connectivity index (χ0v) is 25.5. The van der Waals surface area contributed by atoms with Crippen molar-refractivity contribution in [2.75, 3.05) is 0 Å². The van der Waals surface area contributed by atoms with E-state index in [1.54, 1.807) is 20.8 Å². The quantitative estimate of drug-likeness (QED) is 0.433. The van der Waals surface area contributed by atoms with Gasteiger partial charge in [-0.3, -0.25) is 28.8 Å². The molecule has 0 aromatic carbocycles.